The van der Waals surface area contributed by atoms with Crippen molar-refractivity contribution in [1.82, 2.24) is 4.98 Å². The number of allylic oxidation sites excluding steroid dienone is 5. The quantitative estimate of drug-likeness (QED) is 0.434. The highest BCUT2D eigenvalue weighted by atomic mass is 16.5. The van der Waals surface area contributed by atoms with Gasteiger partial charge in [0.25, 0.3) is 0 Å². The van der Waals surface area contributed by atoms with Crippen LogP contribution >= 0.6 is 0 Å². The minimum Gasteiger partial charge on any atom is -0.458 e. The molecule has 3 heteroatoms. The van der Waals surface area contributed by atoms with E-state index in [2.05, 4.69) is 44.8 Å². The maximum absolute atomic E-state index is 11.8. The number of nitrogens with zero attached hydrogens (tertiary/aromatic N) is 1. The summed E-state index contributed by atoms with van der Waals surface area (Å²) in [6.45, 7) is 8.84. The molecule has 0 spiro atoms. The minimum absolute atomic E-state index is 0.308. The summed E-state index contributed by atoms with van der Waals surface area (Å²) < 4.78 is 5.22. The van der Waals surface area contributed by atoms with Crippen LogP contribution in [0.25, 0.3) is 0 Å². The van der Waals surface area contributed by atoms with E-state index in [0.717, 1.165) is 25.7 Å². The molecule has 1 heterocycles. The summed E-state index contributed by atoms with van der Waals surface area (Å²) in [6, 6.07) is 3.43. The smallest absolute Gasteiger partial charge is 0.340 e. The summed E-state index contributed by atoms with van der Waals surface area (Å²) in [7, 11) is 0. The molecule has 0 aliphatic carbocycles. The molecule has 0 atom stereocenters. The molecular weight excluding hydrogens is 298 g/mol. The van der Waals surface area contributed by atoms with Crippen molar-refractivity contribution in [3.8, 4) is 0 Å². The van der Waals surface area contributed by atoms with Gasteiger partial charge in [0.2, 0.25) is 0 Å². The molecule has 0 saturated carbocycles. The summed E-state index contributed by atoms with van der Waals surface area (Å²) in [5, 5.41) is 0. The summed E-state index contributed by atoms with van der Waals surface area (Å²) in [5.74, 6) is -0.331. The van der Waals surface area contributed by atoms with Crippen LogP contribution in [0.2, 0.25) is 0 Å². The molecule has 0 fully saturated rings. The monoisotopic (exact) mass is 327 g/mol. The standard InChI is InChI=1S/C21H29NO2/c1-17(2)8-5-9-18(3)10-6-11-19(4)13-15-24-21(23)20-12-7-14-22-16-20/h7-8,10,12-14,16H,5-6,9,11,15H2,1-4H3. The van der Waals surface area contributed by atoms with Crippen LogP contribution in [0.1, 0.15) is 63.7 Å². The van der Waals surface area contributed by atoms with Crippen molar-refractivity contribution in [2.45, 2.75) is 53.4 Å². The molecule has 0 aliphatic rings. The minimum atomic E-state index is -0.331. The van der Waals surface area contributed by atoms with Gasteiger partial charge in [0.05, 0.1) is 5.56 Å². The van der Waals surface area contributed by atoms with E-state index >= 15 is 0 Å². The van der Waals surface area contributed by atoms with Gasteiger partial charge in [0.1, 0.15) is 6.61 Å². The third-order valence-electron chi connectivity index (χ3n) is 3.67. The van der Waals surface area contributed by atoms with E-state index in [4.69, 9.17) is 4.74 Å². The van der Waals surface area contributed by atoms with Gasteiger partial charge in [-0.05, 0) is 71.6 Å². The lowest BCUT2D eigenvalue weighted by Crippen LogP contribution is -2.05. The Balaban J connectivity index is 2.27. The molecule has 1 aromatic rings. The topological polar surface area (TPSA) is 39.2 Å². The van der Waals surface area contributed by atoms with E-state index in [9.17, 15) is 4.79 Å². The maximum Gasteiger partial charge on any atom is 0.340 e. The zero-order valence-corrected chi connectivity index (χ0v) is 15.3. The van der Waals surface area contributed by atoms with Crippen molar-refractivity contribution in [2.75, 3.05) is 6.61 Å². The molecule has 0 radical (unpaired) electrons. The summed E-state index contributed by atoms with van der Waals surface area (Å²) in [5.41, 5.74) is 4.53. The van der Waals surface area contributed by atoms with Crippen LogP contribution in [0.3, 0.4) is 0 Å². The Kier molecular flexibility index (Phi) is 9.44. The fourth-order valence-corrected chi connectivity index (χ4v) is 2.17. The molecule has 130 valence electrons. The highest BCUT2D eigenvalue weighted by Gasteiger charge is 2.04. The first-order chi connectivity index (χ1) is 11.5. The molecule has 1 aromatic heterocycles. The molecule has 0 saturated heterocycles. The van der Waals surface area contributed by atoms with E-state index < -0.39 is 0 Å². The molecule has 0 aromatic carbocycles. The average Bonchev–Trinajstić information content (AvgIpc) is 2.55. The fourth-order valence-electron chi connectivity index (χ4n) is 2.17. The Morgan fingerprint density at radius 1 is 1.04 bits per heavy atom. The van der Waals surface area contributed by atoms with Crippen LogP contribution in [-0.2, 0) is 4.74 Å². The van der Waals surface area contributed by atoms with E-state index in [-0.39, 0.29) is 5.97 Å². The number of esters is 1. The second-order valence-corrected chi connectivity index (χ2v) is 6.30. The third kappa shape index (κ3) is 9.09. The summed E-state index contributed by atoms with van der Waals surface area (Å²) >= 11 is 0. The Bertz CT molecular complexity index is 594. The van der Waals surface area contributed by atoms with Crippen molar-refractivity contribution >= 4 is 5.97 Å². The van der Waals surface area contributed by atoms with Crippen LogP contribution in [0.5, 0.6) is 0 Å². The van der Waals surface area contributed by atoms with Gasteiger partial charge in [-0.25, -0.2) is 4.79 Å². The molecule has 0 N–H and O–H groups in total. The van der Waals surface area contributed by atoms with Gasteiger partial charge in [0, 0.05) is 12.4 Å². The van der Waals surface area contributed by atoms with Crippen molar-refractivity contribution in [2.24, 2.45) is 0 Å². The third-order valence-corrected chi connectivity index (χ3v) is 3.67. The van der Waals surface area contributed by atoms with Gasteiger partial charge in [-0.15, -0.1) is 0 Å². The van der Waals surface area contributed by atoms with Gasteiger partial charge in [-0.2, -0.15) is 0 Å². The Labute approximate surface area is 146 Å². The van der Waals surface area contributed by atoms with Crippen LogP contribution in [0.4, 0.5) is 0 Å². The number of pyridine rings is 1. The van der Waals surface area contributed by atoms with Gasteiger partial charge >= 0.3 is 5.97 Å². The van der Waals surface area contributed by atoms with Crippen LogP contribution in [-0.4, -0.2) is 17.6 Å². The maximum atomic E-state index is 11.8. The zero-order valence-electron chi connectivity index (χ0n) is 15.3. The summed E-state index contributed by atoms with van der Waals surface area (Å²) in [4.78, 5) is 15.7. The van der Waals surface area contributed by atoms with Crippen LogP contribution in [0.15, 0.2) is 59.5 Å². The van der Waals surface area contributed by atoms with Crippen molar-refractivity contribution in [3.63, 3.8) is 0 Å². The predicted octanol–water partition coefficient (Wildman–Crippen LogP) is 5.66. The second kappa shape index (κ2) is 11.4. The Morgan fingerprint density at radius 2 is 1.71 bits per heavy atom. The molecule has 24 heavy (non-hydrogen) atoms. The molecule has 3 nitrogen and oxygen atoms in total. The molecule has 1 rings (SSSR count). The van der Waals surface area contributed by atoms with Gasteiger partial charge in [0.15, 0.2) is 0 Å². The highest BCUT2D eigenvalue weighted by Crippen LogP contribution is 2.11. The molecular formula is C21H29NO2. The normalized spacial score (nSPS) is 12.0. The first kappa shape index (κ1) is 19.9. The highest BCUT2D eigenvalue weighted by molar-refractivity contribution is 5.88. The van der Waals surface area contributed by atoms with Crippen LogP contribution in [0, 0.1) is 0 Å². The van der Waals surface area contributed by atoms with Crippen LogP contribution < -0.4 is 0 Å². The average molecular weight is 327 g/mol. The molecule has 0 aliphatic heterocycles. The first-order valence-electron chi connectivity index (χ1n) is 8.51. The van der Waals surface area contributed by atoms with E-state index in [0.29, 0.717) is 12.2 Å². The lowest BCUT2D eigenvalue weighted by atomic mass is 10.1. The number of aromatic nitrogens is 1. The lowest BCUT2D eigenvalue weighted by Gasteiger charge is -2.03. The van der Waals surface area contributed by atoms with Gasteiger partial charge < -0.3 is 4.74 Å². The number of rotatable bonds is 9. The number of carbonyl (C=O) groups excluding carboxylic acids is 1. The van der Waals surface area contributed by atoms with Crippen molar-refractivity contribution in [3.05, 3.63) is 65.0 Å². The largest absolute Gasteiger partial charge is 0.458 e. The Morgan fingerprint density at radius 3 is 2.33 bits per heavy atom. The van der Waals surface area contributed by atoms with Gasteiger partial charge in [-0.1, -0.05) is 28.9 Å². The van der Waals surface area contributed by atoms with Crippen molar-refractivity contribution in [1.29, 1.82) is 0 Å². The second-order valence-electron chi connectivity index (χ2n) is 6.30. The number of ether oxygens (including phenoxy) is 1. The van der Waals surface area contributed by atoms with E-state index in [1.807, 2.05) is 6.08 Å². The molecule has 0 amide bonds. The molecule has 0 unspecified atom stereocenters. The van der Waals surface area contributed by atoms with Crippen molar-refractivity contribution < 1.29 is 9.53 Å². The predicted molar refractivity (Wildman–Crippen MR) is 99.9 cm³/mol. The van der Waals surface area contributed by atoms with E-state index in [1.165, 1.54) is 22.9 Å². The van der Waals surface area contributed by atoms with E-state index in [1.54, 1.807) is 18.3 Å². The number of carbonyl (C=O) groups is 1. The first-order valence-corrected chi connectivity index (χ1v) is 8.51. The summed E-state index contributed by atoms with van der Waals surface area (Å²) in [6.07, 6.45) is 14.0. The zero-order chi connectivity index (χ0) is 17.8. The molecule has 0 bridgehead atoms. The van der Waals surface area contributed by atoms with Gasteiger partial charge in [-0.3, -0.25) is 4.98 Å². The Hall–Kier alpha value is -2.16. The number of hydrogen-bond donors (Lipinski definition) is 0. The fraction of sp³-hybridized carbons (Fsp3) is 0.429. The number of hydrogen-bond acceptors (Lipinski definition) is 3. The lowest BCUT2D eigenvalue weighted by molar-refractivity contribution is 0.0548. The SMILES string of the molecule is CC(C)=CCCC(C)=CCCC(C)=CCOC(=O)c1cccnc1.